The standard InChI is InChI=1S/C14H18N2O4S/c1-9-2-5-12(8-14(9)16(17)18)21(19,20)15-13-7-10-3-4-11(13)6-10/h2,5,8,10-11,13,15H,3-4,6-7H2,1H3/t10-,11+,13+/m1/s1. The first-order valence-corrected chi connectivity index (χ1v) is 8.62. The van der Waals surface area contributed by atoms with Gasteiger partial charge < -0.3 is 0 Å². The second-order valence-electron chi connectivity index (χ2n) is 6.11. The van der Waals surface area contributed by atoms with Crippen LogP contribution >= 0.6 is 0 Å². The van der Waals surface area contributed by atoms with Gasteiger partial charge in [0.15, 0.2) is 0 Å². The van der Waals surface area contributed by atoms with Crippen molar-refractivity contribution in [3.05, 3.63) is 33.9 Å². The quantitative estimate of drug-likeness (QED) is 0.683. The maximum atomic E-state index is 12.4. The predicted molar refractivity (Wildman–Crippen MR) is 77.4 cm³/mol. The molecule has 2 aliphatic carbocycles. The first-order valence-electron chi connectivity index (χ1n) is 7.14. The van der Waals surface area contributed by atoms with E-state index in [1.54, 1.807) is 6.92 Å². The number of nitrogens with one attached hydrogen (secondary N) is 1. The average molecular weight is 310 g/mol. The molecule has 0 spiro atoms. The summed E-state index contributed by atoms with van der Waals surface area (Å²) in [6, 6.07) is 4.03. The van der Waals surface area contributed by atoms with E-state index in [0.29, 0.717) is 17.4 Å². The van der Waals surface area contributed by atoms with E-state index in [-0.39, 0.29) is 16.6 Å². The summed E-state index contributed by atoms with van der Waals surface area (Å²) in [5, 5.41) is 10.9. The Kier molecular flexibility index (Phi) is 3.49. The molecule has 2 bridgehead atoms. The first-order chi connectivity index (χ1) is 9.87. The Labute approximate surface area is 123 Å². The lowest BCUT2D eigenvalue weighted by Gasteiger charge is -2.22. The molecular weight excluding hydrogens is 292 g/mol. The lowest BCUT2D eigenvalue weighted by molar-refractivity contribution is -0.385. The highest BCUT2D eigenvalue weighted by molar-refractivity contribution is 7.89. The second-order valence-corrected chi connectivity index (χ2v) is 7.82. The first kappa shape index (κ1) is 14.5. The fourth-order valence-electron chi connectivity index (χ4n) is 3.61. The van der Waals surface area contributed by atoms with Crippen LogP contribution in [0.4, 0.5) is 5.69 Å². The number of hydrogen-bond acceptors (Lipinski definition) is 4. The molecule has 1 N–H and O–H groups in total. The van der Waals surface area contributed by atoms with Gasteiger partial charge in [0.2, 0.25) is 10.0 Å². The highest BCUT2D eigenvalue weighted by Gasteiger charge is 2.41. The molecule has 3 atom stereocenters. The minimum atomic E-state index is -3.69. The molecule has 7 heteroatoms. The largest absolute Gasteiger partial charge is 0.273 e. The van der Waals surface area contributed by atoms with Gasteiger partial charge in [0.05, 0.1) is 9.82 Å². The third kappa shape index (κ3) is 2.67. The van der Waals surface area contributed by atoms with Crippen molar-refractivity contribution in [2.24, 2.45) is 11.8 Å². The zero-order valence-corrected chi connectivity index (χ0v) is 12.6. The number of nitrogens with zero attached hydrogens (tertiary/aromatic N) is 1. The zero-order valence-electron chi connectivity index (χ0n) is 11.8. The summed E-state index contributed by atoms with van der Waals surface area (Å²) in [5.74, 6) is 1.06. The number of benzene rings is 1. The summed E-state index contributed by atoms with van der Waals surface area (Å²) in [7, 11) is -3.69. The van der Waals surface area contributed by atoms with Crippen molar-refractivity contribution in [1.29, 1.82) is 0 Å². The number of sulfonamides is 1. The van der Waals surface area contributed by atoms with Crippen LogP contribution in [0.15, 0.2) is 23.1 Å². The van der Waals surface area contributed by atoms with Crippen LogP contribution in [0.5, 0.6) is 0 Å². The average Bonchev–Trinajstić information content (AvgIpc) is 3.00. The Bertz CT molecular complexity index is 686. The molecule has 0 heterocycles. The molecule has 114 valence electrons. The number of rotatable bonds is 4. The van der Waals surface area contributed by atoms with Crippen molar-refractivity contribution >= 4 is 15.7 Å². The van der Waals surface area contributed by atoms with Crippen LogP contribution < -0.4 is 4.72 Å². The van der Waals surface area contributed by atoms with Gasteiger partial charge in [-0.05, 0) is 44.1 Å². The van der Waals surface area contributed by atoms with Crippen molar-refractivity contribution in [3.63, 3.8) is 0 Å². The normalized spacial score (nSPS) is 28.0. The minimum absolute atomic E-state index is 0.0193. The van der Waals surface area contributed by atoms with Crippen molar-refractivity contribution in [2.45, 2.75) is 43.5 Å². The molecule has 21 heavy (non-hydrogen) atoms. The molecule has 2 saturated carbocycles. The van der Waals surface area contributed by atoms with Gasteiger partial charge in [-0.3, -0.25) is 10.1 Å². The van der Waals surface area contributed by atoms with E-state index < -0.39 is 14.9 Å². The molecule has 0 radical (unpaired) electrons. The molecule has 1 aromatic rings. The van der Waals surface area contributed by atoms with Crippen LogP contribution in [0.1, 0.15) is 31.2 Å². The SMILES string of the molecule is Cc1ccc(S(=O)(=O)N[C@H]2C[C@@H]3CC[C@H]2C3)cc1[N+](=O)[O-]. The van der Waals surface area contributed by atoms with Crippen molar-refractivity contribution in [3.8, 4) is 0 Å². The molecule has 0 aromatic heterocycles. The van der Waals surface area contributed by atoms with E-state index >= 15 is 0 Å². The summed E-state index contributed by atoms with van der Waals surface area (Å²) in [6.45, 7) is 1.60. The fourth-order valence-corrected chi connectivity index (χ4v) is 4.95. The summed E-state index contributed by atoms with van der Waals surface area (Å²) in [6.07, 6.45) is 4.25. The van der Waals surface area contributed by atoms with E-state index in [0.717, 1.165) is 25.3 Å². The summed E-state index contributed by atoms with van der Waals surface area (Å²) in [5.41, 5.74) is 0.296. The van der Waals surface area contributed by atoms with Crippen molar-refractivity contribution in [2.75, 3.05) is 0 Å². The van der Waals surface area contributed by atoms with Crippen LogP contribution in [-0.4, -0.2) is 19.4 Å². The topological polar surface area (TPSA) is 89.3 Å². The molecule has 0 unspecified atom stereocenters. The van der Waals surface area contributed by atoms with E-state index in [1.165, 1.54) is 18.6 Å². The molecule has 0 saturated heterocycles. The maximum Gasteiger partial charge on any atom is 0.273 e. The van der Waals surface area contributed by atoms with Gasteiger partial charge in [0.1, 0.15) is 0 Å². The Hall–Kier alpha value is -1.47. The van der Waals surface area contributed by atoms with Crippen LogP contribution in [0.25, 0.3) is 0 Å². The zero-order chi connectivity index (χ0) is 15.2. The lowest BCUT2D eigenvalue weighted by Crippen LogP contribution is -2.38. The predicted octanol–water partition coefficient (Wildman–Crippen LogP) is 2.37. The van der Waals surface area contributed by atoms with E-state index in [1.807, 2.05) is 0 Å². The summed E-state index contributed by atoms with van der Waals surface area (Å²) >= 11 is 0. The van der Waals surface area contributed by atoms with Crippen LogP contribution in [0, 0.1) is 28.9 Å². The molecule has 0 amide bonds. The van der Waals surface area contributed by atoms with Gasteiger partial charge in [0.25, 0.3) is 5.69 Å². The summed E-state index contributed by atoms with van der Waals surface area (Å²) < 4.78 is 27.6. The molecule has 6 nitrogen and oxygen atoms in total. The molecular formula is C14H18N2O4S. The molecule has 2 aliphatic rings. The van der Waals surface area contributed by atoms with E-state index in [9.17, 15) is 18.5 Å². The van der Waals surface area contributed by atoms with Crippen molar-refractivity contribution < 1.29 is 13.3 Å². The van der Waals surface area contributed by atoms with Crippen LogP contribution in [0.2, 0.25) is 0 Å². The number of fused-ring (bicyclic) bond motifs is 2. The van der Waals surface area contributed by atoms with Crippen LogP contribution in [-0.2, 0) is 10.0 Å². The Balaban J connectivity index is 1.85. The Morgan fingerprint density at radius 3 is 2.62 bits per heavy atom. The number of nitro groups is 1. The van der Waals surface area contributed by atoms with E-state index in [2.05, 4.69) is 4.72 Å². The second kappa shape index (κ2) is 5.06. The van der Waals surface area contributed by atoms with Crippen LogP contribution in [0.3, 0.4) is 0 Å². The number of nitro benzene ring substituents is 1. The van der Waals surface area contributed by atoms with Gasteiger partial charge in [-0.15, -0.1) is 0 Å². The third-order valence-electron chi connectivity index (χ3n) is 4.73. The highest BCUT2D eigenvalue weighted by atomic mass is 32.2. The van der Waals surface area contributed by atoms with E-state index in [4.69, 9.17) is 0 Å². The summed E-state index contributed by atoms with van der Waals surface area (Å²) in [4.78, 5) is 10.4. The van der Waals surface area contributed by atoms with Crippen molar-refractivity contribution in [1.82, 2.24) is 4.72 Å². The lowest BCUT2D eigenvalue weighted by atomic mass is 9.96. The Morgan fingerprint density at radius 1 is 1.29 bits per heavy atom. The third-order valence-corrected chi connectivity index (χ3v) is 6.22. The maximum absolute atomic E-state index is 12.4. The minimum Gasteiger partial charge on any atom is -0.258 e. The van der Waals surface area contributed by atoms with Gasteiger partial charge in [0, 0.05) is 17.7 Å². The smallest absolute Gasteiger partial charge is 0.258 e. The van der Waals surface area contributed by atoms with Gasteiger partial charge in [-0.1, -0.05) is 12.5 Å². The number of hydrogen-bond donors (Lipinski definition) is 1. The molecule has 0 aliphatic heterocycles. The molecule has 2 fully saturated rings. The Morgan fingerprint density at radius 2 is 2.05 bits per heavy atom. The van der Waals surface area contributed by atoms with Gasteiger partial charge >= 0.3 is 0 Å². The number of aryl methyl sites for hydroxylation is 1. The molecule has 3 rings (SSSR count). The van der Waals surface area contributed by atoms with Gasteiger partial charge in [-0.25, -0.2) is 13.1 Å². The monoisotopic (exact) mass is 310 g/mol. The van der Waals surface area contributed by atoms with Gasteiger partial charge in [-0.2, -0.15) is 0 Å². The highest BCUT2D eigenvalue weighted by Crippen LogP contribution is 2.44. The fraction of sp³-hybridized carbons (Fsp3) is 0.571. The molecule has 1 aromatic carbocycles.